The second kappa shape index (κ2) is 5.61. The quantitative estimate of drug-likeness (QED) is 0.844. The van der Waals surface area contributed by atoms with E-state index in [0.717, 1.165) is 0 Å². The summed E-state index contributed by atoms with van der Waals surface area (Å²) in [6.45, 7) is 0.646. The van der Waals surface area contributed by atoms with Gasteiger partial charge in [0.25, 0.3) is 5.91 Å². The standard InChI is InChI=1S/C12H16FNO2/c1-9(14(2)11(15)8-13)12(16)10-6-4-3-5-7-10/h3-7,9,12,16H,8H2,1-2H3. The summed E-state index contributed by atoms with van der Waals surface area (Å²) in [7, 11) is 1.48. The molecule has 16 heavy (non-hydrogen) atoms. The van der Waals surface area contributed by atoms with E-state index < -0.39 is 24.7 Å². The lowest BCUT2D eigenvalue weighted by molar-refractivity contribution is -0.134. The predicted molar refractivity (Wildman–Crippen MR) is 59.6 cm³/mol. The molecule has 0 heterocycles. The van der Waals surface area contributed by atoms with Gasteiger partial charge >= 0.3 is 0 Å². The maximum Gasteiger partial charge on any atom is 0.254 e. The second-order valence-electron chi connectivity index (χ2n) is 3.73. The van der Waals surface area contributed by atoms with E-state index >= 15 is 0 Å². The Morgan fingerprint density at radius 3 is 2.50 bits per heavy atom. The van der Waals surface area contributed by atoms with Crippen molar-refractivity contribution in [2.45, 2.75) is 19.1 Å². The van der Waals surface area contributed by atoms with Crippen LogP contribution in [0, 0.1) is 0 Å². The fraction of sp³-hybridized carbons (Fsp3) is 0.417. The fourth-order valence-electron chi connectivity index (χ4n) is 1.46. The number of aliphatic hydroxyl groups is 1. The van der Waals surface area contributed by atoms with Crippen LogP contribution in [0.5, 0.6) is 0 Å². The molecule has 0 aliphatic heterocycles. The van der Waals surface area contributed by atoms with Crippen molar-refractivity contribution in [2.24, 2.45) is 0 Å². The maximum atomic E-state index is 12.2. The Morgan fingerprint density at radius 1 is 1.44 bits per heavy atom. The number of carbonyl (C=O) groups excluding carboxylic acids is 1. The third-order valence-electron chi connectivity index (χ3n) is 2.72. The van der Waals surface area contributed by atoms with Gasteiger partial charge in [-0.05, 0) is 12.5 Å². The third kappa shape index (κ3) is 2.79. The van der Waals surface area contributed by atoms with Crippen molar-refractivity contribution in [1.29, 1.82) is 0 Å². The maximum absolute atomic E-state index is 12.2. The number of alkyl halides is 1. The molecule has 1 N–H and O–H groups in total. The summed E-state index contributed by atoms with van der Waals surface area (Å²) >= 11 is 0. The SMILES string of the molecule is CC(C(O)c1ccccc1)N(C)C(=O)CF. The van der Waals surface area contributed by atoms with Gasteiger partial charge in [0.15, 0.2) is 6.67 Å². The molecular formula is C12H16FNO2. The highest BCUT2D eigenvalue weighted by Crippen LogP contribution is 2.19. The van der Waals surface area contributed by atoms with Crippen LogP contribution in [0.1, 0.15) is 18.6 Å². The van der Waals surface area contributed by atoms with Gasteiger partial charge in [-0.2, -0.15) is 0 Å². The number of nitrogens with zero attached hydrogens (tertiary/aromatic N) is 1. The van der Waals surface area contributed by atoms with Crippen LogP contribution in [0.4, 0.5) is 4.39 Å². The van der Waals surface area contributed by atoms with E-state index in [2.05, 4.69) is 0 Å². The number of likely N-dealkylation sites (N-methyl/N-ethyl adjacent to an activating group) is 1. The summed E-state index contributed by atoms with van der Waals surface area (Å²) < 4.78 is 12.2. The molecule has 3 nitrogen and oxygen atoms in total. The van der Waals surface area contributed by atoms with Crippen LogP contribution < -0.4 is 0 Å². The molecule has 1 aromatic carbocycles. The first-order valence-corrected chi connectivity index (χ1v) is 5.12. The van der Waals surface area contributed by atoms with Gasteiger partial charge in [0, 0.05) is 7.05 Å². The first-order valence-electron chi connectivity index (χ1n) is 5.12. The molecule has 0 bridgehead atoms. The molecule has 1 aromatic rings. The van der Waals surface area contributed by atoms with Crippen LogP contribution in [0.3, 0.4) is 0 Å². The van der Waals surface area contributed by atoms with E-state index in [1.807, 2.05) is 18.2 Å². The predicted octanol–water partition coefficient (Wildman–Crippen LogP) is 1.54. The minimum absolute atomic E-state index is 0.453. The van der Waals surface area contributed by atoms with Gasteiger partial charge in [-0.1, -0.05) is 30.3 Å². The lowest BCUT2D eigenvalue weighted by Crippen LogP contribution is -2.39. The molecule has 0 saturated carbocycles. The smallest absolute Gasteiger partial charge is 0.254 e. The number of hydrogen-bond donors (Lipinski definition) is 1. The molecule has 0 aliphatic rings. The van der Waals surface area contributed by atoms with Gasteiger partial charge in [0.2, 0.25) is 0 Å². The summed E-state index contributed by atoms with van der Waals surface area (Å²) in [5.74, 6) is -0.623. The average molecular weight is 225 g/mol. The first kappa shape index (κ1) is 12.6. The Hall–Kier alpha value is -1.42. The Morgan fingerprint density at radius 2 is 2.00 bits per heavy atom. The van der Waals surface area contributed by atoms with Crippen LogP contribution in [-0.2, 0) is 4.79 Å². The van der Waals surface area contributed by atoms with E-state index in [4.69, 9.17) is 0 Å². The van der Waals surface area contributed by atoms with E-state index in [-0.39, 0.29) is 0 Å². The molecule has 1 amide bonds. The van der Waals surface area contributed by atoms with Gasteiger partial charge < -0.3 is 10.0 Å². The van der Waals surface area contributed by atoms with Gasteiger partial charge in [-0.3, -0.25) is 4.79 Å². The molecule has 88 valence electrons. The first-order chi connectivity index (χ1) is 7.57. The minimum Gasteiger partial charge on any atom is -0.386 e. The van der Waals surface area contributed by atoms with Gasteiger partial charge in [-0.15, -0.1) is 0 Å². The Kier molecular flexibility index (Phi) is 4.43. The van der Waals surface area contributed by atoms with Crippen LogP contribution >= 0.6 is 0 Å². The average Bonchev–Trinajstić information content (AvgIpc) is 2.36. The monoisotopic (exact) mass is 225 g/mol. The topological polar surface area (TPSA) is 40.5 Å². The van der Waals surface area contributed by atoms with Crippen molar-refractivity contribution in [1.82, 2.24) is 4.90 Å². The minimum atomic E-state index is -1.04. The van der Waals surface area contributed by atoms with Crippen molar-refractivity contribution in [3.63, 3.8) is 0 Å². The summed E-state index contributed by atoms with van der Waals surface area (Å²) in [4.78, 5) is 12.3. The molecule has 0 radical (unpaired) electrons. The molecule has 0 fully saturated rings. The van der Waals surface area contributed by atoms with Crippen LogP contribution in [0.2, 0.25) is 0 Å². The van der Waals surface area contributed by atoms with E-state index in [1.54, 1.807) is 19.1 Å². The highest BCUT2D eigenvalue weighted by Gasteiger charge is 2.23. The number of aliphatic hydroxyl groups excluding tert-OH is 1. The van der Waals surface area contributed by atoms with Crippen LogP contribution in [-0.4, -0.2) is 35.7 Å². The van der Waals surface area contributed by atoms with Crippen LogP contribution in [0.15, 0.2) is 30.3 Å². The second-order valence-corrected chi connectivity index (χ2v) is 3.73. The van der Waals surface area contributed by atoms with E-state index in [1.165, 1.54) is 11.9 Å². The summed E-state index contributed by atoms with van der Waals surface area (Å²) in [5.41, 5.74) is 0.716. The number of amides is 1. The Bertz CT molecular complexity index is 342. The molecule has 4 heteroatoms. The Balaban J connectivity index is 2.74. The molecule has 1 rings (SSSR count). The molecule has 0 spiro atoms. The largest absolute Gasteiger partial charge is 0.386 e. The Labute approximate surface area is 94.5 Å². The van der Waals surface area contributed by atoms with Crippen molar-refractivity contribution >= 4 is 5.91 Å². The number of halogens is 1. The zero-order chi connectivity index (χ0) is 12.1. The molecule has 0 saturated heterocycles. The number of hydrogen-bond acceptors (Lipinski definition) is 2. The van der Waals surface area contributed by atoms with Crippen LogP contribution in [0.25, 0.3) is 0 Å². The van der Waals surface area contributed by atoms with Crippen molar-refractivity contribution in [3.8, 4) is 0 Å². The van der Waals surface area contributed by atoms with E-state index in [9.17, 15) is 14.3 Å². The zero-order valence-electron chi connectivity index (χ0n) is 9.43. The zero-order valence-corrected chi connectivity index (χ0v) is 9.43. The highest BCUT2D eigenvalue weighted by molar-refractivity contribution is 5.77. The number of carbonyl (C=O) groups is 1. The van der Waals surface area contributed by atoms with Gasteiger partial charge in [0.05, 0.1) is 12.1 Å². The normalized spacial score (nSPS) is 14.2. The van der Waals surface area contributed by atoms with Gasteiger partial charge in [-0.25, -0.2) is 4.39 Å². The number of benzene rings is 1. The van der Waals surface area contributed by atoms with Crippen molar-refractivity contribution in [2.75, 3.05) is 13.7 Å². The number of rotatable bonds is 4. The summed E-state index contributed by atoms with van der Waals surface area (Å²) in [6.07, 6.45) is -0.804. The highest BCUT2D eigenvalue weighted by atomic mass is 19.1. The van der Waals surface area contributed by atoms with Crippen molar-refractivity contribution < 1.29 is 14.3 Å². The lowest BCUT2D eigenvalue weighted by atomic mass is 10.0. The fourth-order valence-corrected chi connectivity index (χ4v) is 1.46. The van der Waals surface area contributed by atoms with Gasteiger partial charge in [0.1, 0.15) is 0 Å². The molecular weight excluding hydrogens is 209 g/mol. The van der Waals surface area contributed by atoms with E-state index in [0.29, 0.717) is 5.56 Å². The van der Waals surface area contributed by atoms with Crippen molar-refractivity contribution in [3.05, 3.63) is 35.9 Å². The molecule has 2 unspecified atom stereocenters. The molecule has 0 aromatic heterocycles. The lowest BCUT2D eigenvalue weighted by Gasteiger charge is -2.28. The summed E-state index contributed by atoms with van der Waals surface area (Å²) in [6, 6.07) is 8.55. The third-order valence-corrected chi connectivity index (χ3v) is 2.72. The summed E-state index contributed by atoms with van der Waals surface area (Å²) in [5, 5.41) is 9.99. The molecule has 2 atom stereocenters. The molecule has 0 aliphatic carbocycles.